The molecular formula is C13H27N3O2. The highest BCUT2D eigenvalue weighted by atomic mass is 16.5. The Hall–Kier alpha value is -0.650. The van der Waals surface area contributed by atoms with Gasteiger partial charge in [0.1, 0.15) is 0 Å². The third kappa shape index (κ3) is 4.55. The number of hydrogen-bond acceptors (Lipinski definition) is 4. The molecule has 1 heterocycles. The SMILES string of the molecule is CC(NCC1CN(C(C)C)CCO1)C(=O)N(C)C. The molecule has 0 bridgehead atoms. The second-order valence-corrected chi connectivity index (χ2v) is 5.44. The van der Waals surface area contributed by atoms with Crippen molar-refractivity contribution in [3.8, 4) is 0 Å². The van der Waals surface area contributed by atoms with E-state index in [9.17, 15) is 4.79 Å². The molecule has 1 fully saturated rings. The summed E-state index contributed by atoms with van der Waals surface area (Å²) in [5.41, 5.74) is 0. The zero-order valence-electron chi connectivity index (χ0n) is 12.3. The average molecular weight is 257 g/mol. The molecule has 0 saturated carbocycles. The number of nitrogens with one attached hydrogen (secondary N) is 1. The fourth-order valence-electron chi connectivity index (χ4n) is 2.12. The van der Waals surface area contributed by atoms with Crippen LogP contribution in [0.2, 0.25) is 0 Å². The van der Waals surface area contributed by atoms with Crippen LogP contribution >= 0.6 is 0 Å². The van der Waals surface area contributed by atoms with Crippen molar-refractivity contribution < 1.29 is 9.53 Å². The van der Waals surface area contributed by atoms with E-state index in [0.717, 1.165) is 26.2 Å². The van der Waals surface area contributed by atoms with Crippen LogP contribution in [0.25, 0.3) is 0 Å². The lowest BCUT2D eigenvalue weighted by molar-refractivity contribution is -0.130. The predicted molar refractivity (Wildman–Crippen MR) is 72.6 cm³/mol. The number of amides is 1. The van der Waals surface area contributed by atoms with Crippen molar-refractivity contribution in [2.75, 3.05) is 40.3 Å². The van der Waals surface area contributed by atoms with Crippen LogP contribution in [0.5, 0.6) is 0 Å². The Morgan fingerprint density at radius 3 is 2.67 bits per heavy atom. The maximum Gasteiger partial charge on any atom is 0.238 e. The first kappa shape index (κ1) is 15.4. The Morgan fingerprint density at radius 1 is 1.44 bits per heavy atom. The molecule has 0 aliphatic carbocycles. The second-order valence-electron chi connectivity index (χ2n) is 5.44. The summed E-state index contributed by atoms with van der Waals surface area (Å²) in [4.78, 5) is 15.7. The normalized spacial score (nSPS) is 23.1. The largest absolute Gasteiger partial charge is 0.374 e. The van der Waals surface area contributed by atoms with Gasteiger partial charge < -0.3 is 15.0 Å². The number of carbonyl (C=O) groups excluding carboxylic acids is 1. The van der Waals surface area contributed by atoms with E-state index in [1.165, 1.54) is 0 Å². The van der Waals surface area contributed by atoms with Crippen molar-refractivity contribution in [1.82, 2.24) is 15.1 Å². The van der Waals surface area contributed by atoms with E-state index in [0.29, 0.717) is 6.04 Å². The van der Waals surface area contributed by atoms with Gasteiger partial charge >= 0.3 is 0 Å². The summed E-state index contributed by atoms with van der Waals surface area (Å²) in [6, 6.07) is 0.398. The molecule has 0 radical (unpaired) electrons. The summed E-state index contributed by atoms with van der Waals surface area (Å²) in [5, 5.41) is 3.25. The van der Waals surface area contributed by atoms with Gasteiger partial charge in [0, 0.05) is 39.8 Å². The minimum Gasteiger partial charge on any atom is -0.374 e. The van der Waals surface area contributed by atoms with Gasteiger partial charge in [-0.1, -0.05) is 0 Å². The maximum atomic E-state index is 11.7. The van der Waals surface area contributed by atoms with E-state index in [2.05, 4.69) is 24.1 Å². The molecule has 5 nitrogen and oxygen atoms in total. The predicted octanol–water partition coefficient (Wildman–Crippen LogP) is 0.162. The van der Waals surface area contributed by atoms with Crippen molar-refractivity contribution in [3.63, 3.8) is 0 Å². The minimum atomic E-state index is -0.155. The maximum absolute atomic E-state index is 11.7. The summed E-state index contributed by atoms with van der Waals surface area (Å²) < 4.78 is 5.72. The van der Waals surface area contributed by atoms with Gasteiger partial charge in [0.2, 0.25) is 5.91 Å². The van der Waals surface area contributed by atoms with E-state index in [1.54, 1.807) is 19.0 Å². The summed E-state index contributed by atoms with van der Waals surface area (Å²) in [7, 11) is 3.55. The third-order valence-electron chi connectivity index (χ3n) is 3.36. The lowest BCUT2D eigenvalue weighted by Crippen LogP contribution is -2.51. The van der Waals surface area contributed by atoms with E-state index in [-0.39, 0.29) is 18.1 Å². The second kappa shape index (κ2) is 7.07. The van der Waals surface area contributed by atoms with Gasteiger partial charge in [0.25, 0.3) is 0 Å². The molecule has 2 atom stereocenters. The highest BCUT2D eigenvalue weighted by Gasteiger charge is 2.23. The van der Waals surface area contributed by atoms with Crippen LogP contribution < -0.4 is 5.32 Å². The Bertz CT molecular complexity index is 269. The molecule has 0 aromatic rings. The topological polar surface area (TPSA) is 44.8 Å². The molecule has 18 heavy (non-hydrogen) atoms. The van der Waals surface area contributed by atoms with E-state index >= 15 is 0 Å². The first-order valence-electron chi connectivity index (χ1n) is 6.72. The number of ether oxygens (including phenoxy) is 1. The highest BCUT2D eigenvalue weighted by Crippen LogP contribution is 2.08. The lowest BCUT2D eigenvalue weighted by atomic mass is 10.2. The van der Waals surface area contributed by atoms with Gasteiger partial charge in [-0.3, -0.25) is 9.69 Å². The summed E-state index contributed by atoms with van der Waals surface area (Å²) >= 11 is 0. The quantitative estimate of drug-likeness (QED) is 0.762. The average Bonchev–Trinajstić information content (AvgIpc) is 2.35. The number of nitrogens with zero attached hydrogens (tertiary/aromatic N) is 2. The molecule has 5 heteroatoms. The lowest BCUT2D eigenvalue weighted by Gasteiger charge is -2.36. The van der Waals surface area contributed by atoms with Gasteiger partial charge in [-0.15, -0.1) is 0 Å². The van der Waals surface area contributed by atoms with Crippen LogP contribution in [0.3, 0.4) is 0 Å². The van der Waals surface area contributed by atoms with E-state index in [4.69, 9.17) is 4.74 Å². The van der Waals surface area contributed by atoms with Gasteiger partial charge in [-0.2, -0.15) is 0 Å². The zero-order valence-corrected chi connectivity index (χ0v) is 12.3. The number of likely N-dealkylation sites (N-methyl/N-ethyl adjacent to an activating group) is 1. The van der Waals surface area contributed by atoms with Gasteiger partial charge in [0.15, 0.2) is 0 Å². The smallest absolute Gasteiger partial charge is 0.238 e. The molecule has 1 aliphatic heterocycles. The Labute approximate surface area is 110 Å². The highest BCUT2D eigenvalue weighted by molar-refractivity contribution is 5.80. The minimum absolute atomic E-state index is 0.103. The summed E-state index contributed by atoms with van der Waals surface area (Å²) in [5.74, 6) is 0.103. The third-order valence-corrected chi connectivity index (χ3v) is 3.36. The Morgan fingerprint density at radius 2 is 2.11 bits per heavy atom. The number of morpholine rings is 1. The molecule has 106 valence electrons. The van der Waals surface area contributed by atoms with Gasteiger partial charge in [0.05, 0.1) is 18.8 Å². The van der Waals surface area contributed by atoms with E-state index < -0.39 is 0 Å². The van der Waals surface area contributed by atoms with Crippen LogP contribution in [-0.4, -0.2) is 74.2 Å². The fraction of sp³-hybridized carbons (Fsp3) is 0.923. The molecule has 1 N–H and O–H groups in total. The van der Waals surface area contributed by atoms with Gasteiger partial charge in [-0.25, -0.2) is 0 Å². The zero-order chi connectivity index (χ0) is 13.7. The molecule has 0 spiro atoms. The van der Waals surface area contributed by atoms with Crippen LogP contribution in [0.15, 0.2) is 0 Å². The molecule has 2 unspecified atom stereocenters. The molecular weight excluding hydrogens is 230 g/mol. The van der Waals surface area contributed by atoms with E-state index in [1.807, 2.05) is 6.92 Å². The molecule has 0 aromatic carbocycles. The van der Waals surface area contributed by atoms with Crippen molar-refractivity contribution >= 4 is 5.91 Å². The first-order chi connectivity index (χ1) is 8.41. The van der Waals surface area contributed by atoms with Crippen LogP contribution in [-0.2, 0) is 9.53 Å². The standard InChI is InChI=1S/C13H27N3O2/c1-10(2)16-6-7-18-12(9-16)8-14-11(3)13(17)15(4)5/h10-12,14H,6-9H2,1-5H3. The molecule has 1 rings (SSSR count). The monoisotopic (exact) mass is 257 g/mol. The number of rotatable bonds is 5. The summed E-state index contributed by atoms with van der Waals surface area (Å²) in [6.45, 7) is 9.74. The van der Waals surface area contributed by atoms with Crippen molar-refractivity contribution in [3.05, 3.63) is 0 Å². The Kier molecular flexibility index (Phi) is 6.05. The molecule has 1 saturated heterocycles. The molecule has 0 aromatic heterocycles. The van der Waals surface area contributed by atoms with Crippen LogP contribution in [0.1, 0.15) is 20.8 Å². The van der Waals surface area contributed by atoms with Crippen molar-refractivity contribution in [1.29, 1.82) is 0 Å². The summed E-state index contributed by atoms with van der Waals surface area (Å²) in [6.07, 6.45) is 0.179. The molecule has 1 aliphatic rings. The van der Waals surface area contributed by atoms with Crippen LogP contribution in [0, 0.1) is 0 Å². The Balaban J connectivity index is 2.32. The van der Waals surface area contributed by atoms with Crippen molar-refractivity contribution in [2.45, 2.75) is 39.0 Å². The first-order valence-corrected chi connectivity index (χ1v) is 6.72. The van der Waals surface area contributed by atoms with Crippen LogP contribution in [0.4, 0.5) is 0 Å². The number of hydrogen-bond donors (Lipinski definition) is 1. The fourth-order valence-corrected chi connectivity index (χ4v) is 2.12. The number of carbonyl (C=O) groups is 1. The molecule has 1 amide bonds. The van der Waals surface area contributed by atoms with Crippen molar-refractivity contribution in [2.24, 2.45) is 0 Å². The van der Waals surface area contributed by atoms with Gasteiger partial charge in [-0.05, 0) is 20.8 Å².